The Morgan fingerprint density at radius 3 is 2.39 bits per heavy atom. The van der Waals surface area contributed by atoms with Crippen LogP contribution >= 0.6 is 0 Å². The van der Waals surface area contributed by atoms with Crippen LogP contribution in [0.5, 0.6) is 0 Å². The Bertz CT molecular complexity index is 663. The van der Waals surface area contributed by atoms with E-state index in [0.717, 1.165) is 18.2 Å². The number of ketones is 1. The van der Waals surface area contributed by atoms with E-state index < -0.39 is 43.9 Å². The number of Topliss-reactive ketones (excluding diaryl/α,β-unsaturated/α-hetero) is 1. The number of hydrogen-bond acceptors (Lipinski definition) is 4. The van der Waals surface area contributed by atoms with Crippen molar-refractivity contribution in [1.29, 1.82) is 0 Å². The minimum atomic E-state index is -5.18. The van der Waals surface area contributed by atoms with Gasteiger partial charge in [0.05, 0.1) is 5.56 Å². The number of nitrogens with one attached hydrogen (secondary N) is 1. The molecule has 9 heteroatoms. The zero-order valence-corrected chi connectivity index (χ0v) is 9.22. The summed E-state index contributed by atoms with van der Waals surface area (Å²) in [7, 11) is -4.18. The van der Waals surface area contributed by atoms with Crippen molar-refractivity contribution in [2.24, 2.45) is 0 Å². The van der Waals surface area contributed by atoms with Crippen LogP contribution in [0.4, 0.5) is 13.2 Å². The molecule has 2 rings (SSSR count). The van der Waals surface area contributed by atoms with Gasteiger partial charge in [-0.15, -0.1) is 0 Å². The number of carbonyl (C=O) groups is 2. The first-order chi connectivity index (χ1) is 8.14. The summed E-state index contributed by atoms with van der Waals surface area (Å²) < 4.78 is 61.1. The molecule has 1 amide bonds. The smallest absolute Gasteiger partial charge is 0.284 e. The van der Waals surface area contributed by atoms with Crippen molar-refractivity contribution < 1.29 is 31.2 Å². The van der Waals surface area contributed by atoms with Gasteiger partial charge in [0.1, 0.15) is 4.90 Å². The van der Waals surface area contributed by atoms with Gasteiger partial charge in [-0.25, -0.2) is 13.1 Å². The topological polar surface area (TPSA) is 80.3 Å². The quantitative estimate of drug-likeness (QED) is 0.773. The van der Waals surface area contributed by atoms with Gasteiger partial charge in [-0.3, -0.25) is 9.59 Å². The van der Waals surface area contributed by atoms with Gasteiger partial charge in [0.25, 0.3) is 21.7 Å². The molecule has 0 saturated carbocycles. The average molecular weight is 279 g/mol. The largest absolute Gasteiger partial charge is 0.454 e. The van der Waals surface area contributed by atoms with Gasteiger partial charge in [0.2, 0.25) is 0 Å². The molecule has 1 N–H and O–H groups in total. The summed E-state index contributed by atoms with van der Waals surface area (Å²) in [6.07, 6.45) is -5.18. The lowest BCUT2D eigenvalue weighted by Gasteiger charge is -2.07. The number of halogens is 3. The highest BCUT2D eigenvalue weighted by molar-refractivity contribution is 7.90. The first-order valence-electron chi connectivity index (χ1n) is 4.46. The van der Waals surface area contributed by atoms with Crippen molar-refractivity contribution in [3.05, 3.63) is 29.3 Å². The number of rotatable bonds is 1. The Hall–Kier alpha value is -1.90. The summed E-state index contributed by atoms with van der Waals surface area (Å²) in [5.41, 5.74) is -1.74. The summed E-state index contributed by atoms with van der Waals surface area (Å²) in [5.74, 6) is -3.50. The molecule has 0 atom stereocenters. The van der Waals surface area contributed by atoms with E-state index in [0.29, 0.717) is 0 Å². The van der Waals surface area contributed by atoms with E-state index in [4.69, 9.17) is 0 Å². The standard InChI is InChI=1S/C9H4F3NO4S/c10-9(11,12)7(14)4-2-1-3-5-6(4)8(15)13-18(5,16)17/h1-3H,(H,13,15). The number of alkyl halides is 3. The van der Waals surface area contributed by atoms with Crippen LogP contribution in [0.15, 0.2) is 23.1 Å². The van der Waals surface area contributed by atoms with E-state index in [2.05, 4.69) is 0 Å². The fraction of sp³-hybridized carbons (Fsp3) is 0.111. The second kappa shape index (κ2) is 3.55. The molecule has 1 aliphatic rings. The molecule has 0 spiro atoms. The highest BCUT2D eigenvalue weighted by Gasteiger charge is 2.44. The Morgan fingerprint density at radius 2 is 1.83 bits per heavy atom. The highest BCUT2D eigenvalue weighted by Crippen LogP contribution is 2.30. The molecular weight excluding hydrogens is 275 g/mol. The number of amides is 1. The molecule has 0 aliphatic carbocycles. The van der Waals surface area contributed by atoms with E-state index in [1.807, 2.05) is 0 Å². The van der Waals surface area contributed by atoms with Crippen LogP contribution in [0.1, 0.15) is 20.7 Å². The number of hydrogen-bond donors (Lipinski definition) is 1. The van der Waals surface area contributed by atoms with Gasteiger partial charge < -0.3 is 0 Å². The van der Waals surface area contributed by atoms with Crippen molar-refractivity contribution in [1.82, 2.24) is 4.72 Å². The van der Waals surface area contributed by atoms with Crippen molar-refractivity contribution in [3.8, 4) is 0 Å². The maximum absolute atomic E-state index is 12.3. The predicted octanol–water partition coefficient (Wildman–Crippen LogP) is 0.864. The fourth-order valence-electron chi connectivity index (χ4n) is 1.56. The van der Waals surface area contributed by atoms with E-state index in [1.165, 1.54) is 4.72 Å². The number of carbonyl (C=O) groups excluding carboxylic acids is 2. The van der Waals surface area contributed by atoms with Crippen LogP contribution < -0.4 is 4.72 Å². The van der Waals surface area contributed by atoms with Crippen molar-refractivity contribution in [2.75, 3.05) is 0 Å². The molecule has 0 bridgehead atoms. The first-order valence-corrected chi connectivity index (χ1v) is 5.94. The van der Waals surface area contributed by atoms with Gasteiger partial charge in [-0.1, -0.05) is 12.1 Å². The monoisotopic (exact) mass is 279 g/mol. The lowest BCUT2D eigenvalue weighted by atomic mass is 10.0. The molecule has 1 aromatic rings. The summed E-state index contributed by atoms with van der Waals surface area (Å²) in [6.45, 7) is 0. The molecule has 18 heavy (non-hydrogen) atoms. The molecule has 0 fully saturated rings. The third-order valence-corrected chi connectivity index (χ3v) is 3.65. The molecule has 0 aromatic heterocycles. The minimum Gasteiger partial charge on any atom is -0.284 e. The molecule has 0 radical (unpaired) electrons. The molecule has 0 unspecified atom stereocenters. The van der Waals surface area contributed by atoms with Gasteiger partial charge in [0.15, 0.2) is 0 Å². The predicted molar refractivity (Wildman–Crippen MR) is 51.5 cm³/mol. The highest BCUT2D eigenvalue weighted by atomic mass is 32.2. The van der Waals surface area contributed by atoms with E-state index >= 15 is 0 Å². The SMILES string of the molecule is O=C1NS(=O)(=O)c2cccc(C(=O)C(F)(F)F)c21. The van der Waals surface area contributed by atoms with Crippen LogP contribution in [0.3, 0.4) is 0 Å². The van der Waals surface area contributed by atoms with Gasteiger partial charge in [-0.2, -0.15) is 13.2 Å². The Labute approximate surface area is 98.7 Å². The molecule has 0 saturated heterocycles. The first kappa shape index (κ1) is 12.6. The maximum Gasteiger partial charge on any atom is 0.454 e. The number of fused-ring (bicyclic) bond motifs is 1. The molecule has 1 aromatic carbocycles. The van der Waals surface area contributed by atoms with Gasteiger partial charge in [-0.05, 0) is 6.07 Å². The fourth-order valence-corrected chi connectivity index (χ4v) is 2.74. The van der Waals surface area contributed by atoms with Crippen molar-refractivity contribution in [3.63, 3.8) is 0 Å². The van der Waals surface area contributed by atoms with Crippen molar-refractivity contribution >= 4 is 21.7 Å². The summed E-state index contributed by atoms with van der Waals surface area (Å²) >= 11 is 0. The normalized spacial score (nSPS) is 17.2. The summed E-state index contributed by atoms with van der Waals surface area (Å²) in [5, 5.41) is 0. The minimum absolute atomic E-state index is 0.623. The summed E-state index contributed by atoms with van der Waals surface area (Å²) in [4.78, 5) is 21.8. The van der Waals surface area contributed by atoms with E-state index in [1.54, 1.807) is 0 Å². The van der Waals surface area contributed by atoms with Crippen molar-refractivity contribution in [2.45, 2.75) is 11.1 Å². The van der Waals surface area contributed by atoms with Crippen LogP contribution in [0.2, 0.25) is 0 Å². The van der Waals surface area contributed by atoms with E-state index in [-0.39, 0.29) is 0 Å². The number of benzene rings is 1. The third kappa shape index (κ3) is 1.76. The van der Waals surface area contributed by atoms with Crippen LogP contribution in [0, 0.1) is 0 Å². The lowest BCUT2D eigenvalue weighted by molar-refractivity contribution is -0.0885. The molecule has 1 heterocycles. The second-order valence-corrected chi connectivity index (χ2v) is 5.09. The van der Waals surface area contributed by atoms with E-state index in [9.17, 15) is 31.2 Å². The Morgan fingerprint density at radius 1 is 1.22 bits per heavy atom. The maximum atomic E-state index is 12.3. The van der Waals surface area contributed by atoms with Crippen LogP contribution in [-0.4, -0.2) is 26.3 Å². The second-order valence-electron chi connectivity index (χ2n) is 3.44. The Balaban J connectivity index is 2.72. The number of sulfonamides is 1. The molecular formula is C9H4F3NO4S. The van der Waals surface area contributed by atoms with Crippen LogP contribution in [-0.2, 0) is 10.0 Å². The zero-order valence-electron chi connectivity index (χ0n) is 8.41. The van der Waals surface area contributed by atoms with Gasteiger partial charge >= 0.3 is 6.18 Å². The lowest BCUT2D eigenvalue weighted by Crippen LogP contribution is -2.26. The third-order valence-electron chi connectivity index (χ3n) is 2.27. The molecule has 1 aliphatic heterocycles. The van der Waals surface area contributed by atoms with Gasteiger partial charge in [0, 0.05) is 5.56 Å². The molecule has 5 nitrogen and oxygen atoms in total. The summed E-state index contributed by atoms with van der Waals surface area (Å²) in [6, 6.07) is 2.68. The molecule has 96 valence electrons. The zero-order chi connectivity index (χ0) is 13.7. The average Bonchev–Trinajstić information content (AvgIpc) is 2.47. The van der Waals surface area contributed by atoms with Crippen LogP contribution in [0.25, 0.3) is 0 Å². The Kier molecular flexibility index (Phi) is 2.47.